The summed E-state index contributed by atoms with van der Waals surface area (Å²) < 4.78 is 6.79. The summed E-state index contributed by atoms with van der Waals surface area (Å²) in [5.74, 6) is 0.452. The molecule has 2 aromatic carbocycles. The standard InChI is InChI=1S/C21H19N7O3S/c1-13(29)24-14-4-3-5-15(10-14)25-18(30)11-32-21-19-20(22-12-23-21)28(27-26-19)16-6-8-17(31-2)9-7-16/h3-10,12H,11H2,1-2H3,(H,24,29)(H,25,30). The zero-order valence-corrected chi connectivity index (χ0v) is 18.1. The van der Waals surface area contributed by atoms with Crippen LogP contribution in [0.5, 0.6) is 5.75 Å². The smallest absolute Gasteiger partial charge is 0.234 e. The second kappa shape index (κ2) is 9.43. The number of amides is 2. The number of ether oxygens (including phenoxy) is 1. The van der Waals surface area contributed by atoms with Gasteiger partial charge in [-0.2, -0.15) is 4.68 Å². The molecule has 162 valence electrons. The summed E-state index contributed by atoms with van der Waals surface area (Å²) >= 11 is 1.24. The van der Waals surface area contributed by atoms with Crippen molar-refractivity contribution >= 4 is 46.1 Å². The second-order valence-corrected chi connectivity index (χ2v) is 7.61. The summed E-state index contributed by atoms with van der Waals surface area (Å²) in [5, 5.41) is 14.4. The van der Waals surface area contributed by atoms with E-state index in [0.29, 0.717) is 27.6 Å². The van der Waals surface area contributed by atoms with Crippen molar-refractivity contribution in [1.82, 2.24) is 25.0 Å². The monoisotopic (exact) mass is 449 g/mol. The minimum Gasteiger partial charge on any atom is -0.497 e. The molecule has 0 aliphatic rings. The molecule has 2 amide bonds. The third-order valence-electron chi connectivity index (χ3n) is 4.33. The summed E-state index contributed by atoms with van der Waals surface area (Å²) in [6.07, 6.45) is 1.42. The van der Waals surface area contributed by atoms with Gasteiger partial charge in [0.25, 0.3) is 0 Å². The quantitative estimate of drug-likeness (QED) is 0.326. The van der Waals surface area contributed by atoms with Crippen LogP contribution in [0.15, 0.2) is 59.9 Å². The Morgan fingerprint density at radius 2 is 1.81 bits per heavy atom. The lowest BCUT2D eigenvalue weighted by Crippen LogP contribution is -2.14. The summed E-state index contributed by atoms with van der Waals surface area (Å²) in [6, 6.07) is 14.3. The number of carbonyl (C=O) groups excluding carboxylic acids is 2. The van der Waals surface area contributed by atoms with E-state index >= 15 is 0 Å². The first kappa shape index (κ1) is 21.2. The number of fused-ring (bicyclic) bond motifs is 1. The topological polar surface area (TPSA) is 124 Å². The number of anilines is 2. The largest absolute Gasteiger partial charge is 0.497 e. The summed E-state index contributed by atoms with van der Waals surface area (Å²) in [7, 11) is 1.60. The van der Waals surface area contributed by atoms with Crippen LogP contribution < -0.4 is 15.4 Å². The minimum atomic E-state index is -0.218. The normalized spacial score (nSPS) is 10.7. The molecule has 2 N–H and O–H groups in total. The average molecular weight is 449 g/mol. The van der Waals surface area contributed by atoms with Crippen molar-refractivity contribution in [3.8, 4) is 11.4 Å². The van der Waals surface area contributed by atoms with E-state index in [9.17, 15) is 9.59 Å². The lowest BCUT2D eigenvalue weighted by Gasteiger charge is -2.08. The number of hydrogen-bond acceptors (Lipinski definition) is 8. The summed E-state index contributed by atoms with van der Waals surface area (Å²) in [5.41, 5.74) is 3.01. The molecule has 0 radical (unpaired) electrons. The highest BCUT2D eigenvalue weighted by atomic mass is 32.2. The van der Waals surface area contributed by atoms with Crippen molar-refractivity contribution in [2.45, 2.75) is 11.9 Å². The van der Waals surface area contributed by atoms with E-state index in [0.717, 1.165) is 11.4 Å². The number of hydrogen-bond donors (Lipinski definition) is 2. The molecule has 2 heterocycles. The van der Waals surface area contributed by atoms with Gasteiger partial charge in [-0.25, -0.2) is 9.97 Å². The Bertz CT molecular complexity index is 1270. The third-order valence-corrected chi connectivity index (χ3v) is 5.31. The van der Waals surface area contributed by atoms with Gasteiger partial charge in [0.2, 0.25) is 11.8 Å². The molecule has 0 aliphatic heterocycles. The highest BCUT2D eigenvalue weighted by Gasteiger charge is 2.15. The van der Waals surface area contributed by atoms with E-state index in [1.165, 1.54) is 25.0 Å². The Kier molecular flexibility index (Phi) is 6.26. The lowest BCUT2D eigenvalue weighted by molar-refractivity contribution is -0.114. The fraction of sp³-hybridized carbons (Fsp3) is 0.143. The van der Waals surface area contributed by atoms with Crippen LogP contribution in [-0.4, -0.2) is 49.6 Å². The van der Waals surface area contributed by atoms with Gasteiger partial charge in [-0.15, -0.1) is 5.10 Å². The number of carbonyl (C=O) groups is 2. The second-order valence-electron chi connectivity index (χ2n) is 6.65. The molecule has 10 nitrogen and oxygen atoms in total. The van der Waals surface area contributed by atoms with Gasteiger partial charge < -0.3 is 15.4 Å². The Hall–Kier alpha value is -3.99. The van der Waals surface area contributed by atoms with E-state index in [2.05, 4.69) is 30.9 Å². The molecule has 2 aromatic heterocycles. The van der Waals surface area contributed by atoms with Gasteiger partial charge in [0.1, 0.15) is 17.1 Å². The van der Waals surface area contributed by atoms with Gasteiger partial charge in [-0.1, -0.05) is 23.0 Å². The van der Waals surface area contributed by atoms with Gasteiger partial charge >= 0.3 is 0 Å². The molecular weight excluding hydrogens is 430 g/mol. The van der Waals surface area contributed by atoms with E-state index < -0.39 is 0 Å². The highest BCUT2D eigenvalue weighted by Crippen LogP contribution is 2.25. The molecular formula is C21H19N7O3S. The molecule has 0 bridgehead atoms. The van der Waals surface area contributed by atoms with Crippen molar-refractivity contribution in [3.05, 3.63) is 54.9 Å². The molecule has 4 aromatic rings. The van der Waals surface area contributed by atoms with Crippen LogP contribution in [0.4, 0.5) is 11.4 Å². The van der Waals surface area contributed by atoms with Gasteiger partial charge in [0, 0.05) is 18.3 Å². The maximum absolute atomic E-state index is 12.4. The van der Waals surface area contributed by atoms with Gasteiger partial charge in [0.05, 0.1) is 18.6 Å². The Morgan fingerprint density at radius 1 is 1.06 bits per heavy atom. The molecule has 11 heteroatoms. The maximum Gasteiger partial charge on any atom is 0.234 e. The number of nitrogens with zero attached hydrogens (tertiary/aromatic N) is 5. The Labute approximate surface area is 187 Å². The van der Waals surface area contributed by atoms with Crippen LogP contribution in [0.25, 0.3) is 16.9 Å². The average Bonchev–Trinajstić information content (AvgIpc) is 3.22. The first-order chi connectivity index (χ1) is 15.5. The molecule has 0 aliphatic carbocycles. The number of methoxy groups -OCH3 is 1. The van der Waals surface area contributed by atoms with Gasteiger partial charge in [-0.3, -0.25) is 9.59 Å². The van der Waals surface area contributed by atoms with E-state index in [1.807, 2.05) is 24.3 Å². The molecule has 0 unspecified atom stereocenters. The number of benzene rings is 2. The lowest BCUT2D eigenvalue weighted by atomic mass is 10.2. The van der Waals surface area contributed by atoms with Crippen LogP contribution in [0.1, 0.15) is 6.92 Å². The first-order valence-corrected chi connectivity index (χ1v) is 10.5. The van der Waals surface area contributed by atoms with Crippen molar-refractivity contribution in [2.75, 3.05) is 23.5 Å². The van der Waals surface area contributed by atoms with Crippen molar-refractivity contribution < 1.29 is 14.3 Å². The van der Waals surface area contributed by atoms with Crippen molar-refractivity contribution in [2.24, 2.45) is 0 Å². The van der Waals surface area contributed by atoms with Gasteiger partial charge in [-0.05, 0) is 42.5 Å². The predicted molar refractivity (Wildman–Crippen MR) is 121 cm³/mol. The van der Waals surface area contributed by atoms with Crippen LogP contribution in [-0.2, 0) is 9.59 Å². The van der Waals surface area contributed by atoms with E-state index in [1.54, 1.807) is 36.1 Å². The zero-order chi connectivity index (χ0) is 22.5. The number of rotatable bonds is 7. The fourth-order valence-electron chi connectivity index (χ4n) is 2.94. The fourth-order valence-corrected chi connectivity index (χ4v) is 3.67. The van der Waals surface area contributed by atoms with Crippen LogP contribution in [0.3, 0.4) is 0 Å². The van der Waals surface area contributed by atoms with Crippen molar-refractivity contribution in [3.63, 3.8) is 0 Å². The van der Waals surface area contributed by atoms with Crippen LogP contribution in [0, 0.1) is 0 Å². The molecule has 0 saturated carbocycles. The SMILES string of the molecule is COc1ccc(-n2nnc3c(SCC(=O)Nc4cccc(NC(C)=O)c4)ncnc32)cc1. The predicted octanol–water partition coefficient (Wildman–Crippen LogP) is 2.91. The molecule has 4 rings (SSSR count). The van der Waals surface area contributed by atoms with E-state index in [4.69, 9.17) is 4.74 Å². The molecule has 0 fully saturated rings. The number of aromatic nitrogens is 5. The minimum absolute atomic E-state index is 0.117. The molecule has 32 heavy (non-hydrogen) atoms. The molecule has 0 atom stereocenters. The molecule has 0 saturated heterocycles. The summed E-state index contributed by atoms with van der Waals surface area (Å²) in [6.45, 7) is 1.43. The van der Waals surface area contributed by atoms with E-state index in [-0.39, 0.29) is 17.6 Å². The van der Waals surface area contributed by atoms with Crippen molar-refractivity contribution in [1.29, 1.82) is 0 Å². The first-order valence-electron chi connectivity index (χ1n) is 9.54. The maximum atomic E-state index is 12.4. The Morgan fingerprint density at radius 3 is 2.53 bits per heavy atom. The highest BCUT2D eigenvalue weighted by molar-refractivity contribution is 8.00. The third kappa shape index (κ3) is 4.83. The number of nitrogens with one attached hydrogen (secondary N) is 2. The van der Waals surface area contributed by atoms with Crippen LogP contribution in [0.2, 0.25) is 0 Å². The summed E-state index contributed by atoms with van der Waals surface area (Å²) in [4.78, 5) is 32.2. The molecule has 0 spiro atoms. The van der Waals surface area contributed by atoms with Gasteiger partial charge in [0.15, 0.2) is 11.2 Å². The number of thioether (sulfide) groups is 1. The zero-order valence-electron chi connectivity index (χ0n) is 17.3. The van der Waals surface area contributed by atoms with Crippen LogP contribution >= 0.6 is 11.8 Å². The Balaban J connectivity index is 1.46.